The molecule has 0 unspecified atom stereocenters. The van der Waals surface area contributed by atoms with Gasteiger partial charge in [0.2, 0.25) is 0 Å². The van der Waals surface area contributed by atoms with Crippen molar-refractivity contribution in [2.75, 3.05) is 0 Å². The highest BCUT2D eigenvalue weighted by Crippen LogP contribution is 2.22. The summed E-state index contributed by atoms with van der Waals surface area (Å²) in [5, 5.41) is 11.5. The average molecular weight is 317 g/mol. The van der Waals surface area contributed by atoms with Crippen molar-refractivity contribution in [3.05, 3.63) is 76.9 Å². The van der Waals surface area contributed by atoms with E-state index in [1.54, 1.807) is 36.5 Å². The first kappa shape index (κ1) is 14.8. The van der Waals surface area contributed by atoms with E-state index in [4.69, 9.17) is 5.26 Å². The smallest absolute Gasteiger partial charge is 0.185 e. The van der Waals surface area contributed by atoms with Crippen LogP contribution in [-0.4, -0.2) is 15.8 Å². The van der Waals surface area contributed by atoms with Crippen molar-refractivity contribution in [2.45, 2.75) is 0 Å². The van der Waals surface area contributed by atoms with Crippen LogP contribution in [0.1, 0.15) is 21.6 Å². The molecule has 0 radical (unpaired) electrons. The fourth-order valence-corrected chi connectivity index (χ4v) is 2.70. The molecule has 0 N–H and O–H groups in total. The van der Waals surface area contributed by atoms with Crippen molar-refractivity contribution in [1.82, 2.24) is 9.97 Å². The Hall–Kier alpha value is -3.10. The van der Waals surface area contributed by atoms with E-state index >= 15 is 0 Å². The van der Waals surface area contributed by atoms with Gasteiger partial charge in [0.15, 0.2) is 5.78 Å². The number of hydrogen-bond acceptors (Lipinski definition) is 5. The molecule has 3 rings (SSSR count). The van der Waals surface area contributed by atoms with Crippen LogP contribution < -0.4 is 0 Å². The molecular formula is C18H11N3OS. The van der Waals surface area contributed by atoms with Gasteiger partial charge in [-0.15, -0.1) is 11.3 Å². The molecular weight excluding hydrogens is 306 g/mol. The molecule has 3 aromatic rings. The second kappa shape index (κ2) is 6.77. The molecule has 2 heterocycles. The molecule has 0 saturated carbocycles. The third-order valence-corrected chi connectivity index (χ3v) is 3.99. The maximum Gasteiger partial charge on any atom is 0.185 e. The van der Waals surface area contributed by atoms with Gasteiger partial charge in [-0.2, -0.15) is 5.26 Å². The number of carbonyl (C=O) groups is 1. The highest BCUT2D eigenvalue weighted by Gasteiger charge is 2.05. The summed E-state index contributed by atoms with van der Waals surface area (Å²) in [6.45, 7) is 0. The molecule has 0 aliphatic heterocycles. The summed E-state index contributed by atoms with van der Waals surface area (Å²) >= 11 is 1.48. The van der Waals surface area contributed by atoms with Crippen molar-refractivity contribution < 1.29 is 4.79 Å². The van der Waals surface area contributed by atoms with Crippen LogP contribution in [0.2, 0.25) is 0 Å². The number of nitrogens with zero attached hydrogens (tertiary/aromatic N) is 3. The zero-order valence-corrected chi connectivity index (χ0v) is 12.8. The van der Waals surface area contributed by atoms with Crippen LogP contribution in [0, 0.1) is 11.3 Å². The Morgan fingerprint density at radius 3 is 2.70 bits per heavy atom. The molecule has 1 aromatic carbocycles. The van der Waals surface area contributed by atoms with Crippen molar-refractivity contribution in [3.63, 3.8) is 0 Å². The lowest BCUT2D eigenvalue weighted by Crippen LogP contribution is -1.93. The van der Waals surface area contributed by atoms with Crippen LogP contribution in [0.3, 0.4) is 0 Å². The molecule has 2 aromatic heterocycles. The molecule has 110 valence electrons. The molecule has 23 heavy (non-hydrogen) atoms. The minimum Gasteiger partial charge on any atom is -0.289 e. The Morgan fingerprint density at radius 1 is 1.17 bits per heavy atom. The third kappa shape index (κ3) is 3.57. The Bertz CT molecular complexity index is 890. The summed E-state index contributed by atoms with van der Waals surface area (Å²) in [7, 11) is 0. The predicted octanol–water partition coefficient (Wildman–Crippen LogP) is 3.97. The topological polar surface area (TPSA) is 66.6 Å². The van der Waals surface area contributed by atoms with E-state index in [9.17, 15) is 4.79 Å². The zero-order valence-electron chi connectivity index (χ0n) is 12.0. The molecule has 5 heteroatoms. The number of ketones is 1. The highest BCUT2D eigenvalue weighted by molar-refractivity contribution is 7.13. The number of thiazole rings is 1. The van der Waals surface area contributed by atoms with Gasteiger partial charge in [-0.25, -0.2) is 4.98 Å². The van der Waals surface area contributed by atoms with E-state index < -0.39 is 0 Å². The standard InChI is InChI=1S/C18H11N3OS/c19-11-13-4-6-14(7-5-13)17(22)9-8-15-12-23-18(21-15)16-3-1-2-10-20-16/h1-10,12H. The third-order valence-electron chi connectivity index (χ3n) is 3.11. The van der Waals surface area contributed by atoms with Crippen LogP contribution in [0.4, 0.5) is 0 Å². The zero-order chi connectivity index (χ0) is 16.1. The quantitative estimate of drug-likeness (QED) is 0.539. The van der Waals surface area contributed by atoms with E-state index in [0.29, 0.717) is 11.1 Å². The molecule has 0 spiro atoms. The number of carbonyl (C=O) groups excluding carboxylic acids is 1. The number of aromatic nitrogens is 2. The maximum atomic E-state index is 12.1. The van der Waals surface area contributed by atoms with Crippen molar-refractivity contribution in [3.8, 4) is 16.8 Å². The molecule has 4 nitrogen and oxygen atoms in total. The monoisotopic (exact) mass is 317 g/mol. The fraction of sp³-hybridized carbons (Fsp3) is 0. The van der Waals surface area contributed by atoms with Gasteiger partial charge in [-0.3, -0.25) is 9.78 Å². The second-order valence-corrected chi connectivity index (χ2v) is 5.54. The summed E-state index contributed by atoms with van der Waals surface area (Å²) in [6, 6.07) is 14.2. The Kier molecular flexibility index (Phi) is 4.37. The van der Waals surface area contributed by atoms with Gasteiger partial charge in [0.25, 0.3) is 0 Å². The van der Waals surface area contributed by atoms with Gasteiger partial charge in [0.1, 0.15) is 5.01 Å². The van der Waals surface area contributed by atoms with Gasteiger partial charge < -0.3 is 0 Å². The molecule has 0 atom stereocenters. The minimum atomic E-state index is -0.123. The number of nitriles is 1. The van der Waals surface area contributed by atoms with Crippen molar-refractivity contribution in [2.24, 2.45) is 0 Å². The maximum absolute atomic E-state index is 12.1. The SMILES string of the molecule is N#Cc1ccc(C(=O)C=Cc2csc(-c3ccccn3)n2)cc1. The first-order valence-corrected chi connectivity index (χ1v) is 7.74. The minimum absolute atomic E-state index is 0.123. The van der Waals surface area contributed by atoms with Crippen LogP contribution in [0.15, 0.2) is 60.1 Å². The van der Waals surface area contributed by atoms with Crippen LogP contribution in [-0.2, 0) is 0 Å². The molecule has 0 saturated heterocycles. The molecule has 0 fully saturated rings. The van der Waals surface area contributed by atoms with E-state index in [0.717, 1.165) is 16.4 Å². The fourth-order valence-electron chi connectivity index (χ4n) is 1.94. The summed E-state index contributed by atoms with van der Waals surface area (Å²) in [5.74, 6) is -0.123. The van der Waals surface area contributed by atoms with Gasteiger partial charge in [0.05, 0.1) is 23.0 Å². The highest BCUT2D eigenvalue weighted by atomic mass is 32.1. The molecule has 0 aliphatic rings. The second-order valence-electron chi connectivity index (χ2n) is 4.68. The lowest BCUT2D eigenvalue weighted by Gasteiger charge is -1.95. The largest absolute Gasteiger partial charge is 0.289 e. The normalized spacial score (nSPS) is 10.6. The first-order valence-electron chi connectivity index (χ1n) is 6.86. The number of hydrogen-bond donors (Lipinski definition) is 0. The van der Waals surface area contributed by atoms with Gasteiger partial charge >= 0.3 is 0 Å². The van der Waals surface area contributed by atoms with E-state index in [1.807, 2.05) is 29.6 Å². The number of pyridine rings is 1. The number of allylic oxidation sites excluding steroid dienone is 1. The number of rotatable bonds is 4. The van der Waals surface area contributed by atoms with Crippen molar-refractivity contribution >= 4 is 23.2 Å². The molecule has 0 amide bonds. The average Bonchev–Trinajstić information content (AvgIpc) is 3.09. The first-order chi connectivity index (χ1) is 11.3. The summed E-state index contributed by atoms with van der Waals surface area (Å²) in [4.78, 5) is 20.8. The molecule has 0 aliphatic carbocycles. The lowest BCUT2D eigenvalue weighted by molar-refractivity contribution is 0.104. The summed E-state index contributed by atoms with van der Waals surface area (Å²) in [6.07, 6.45) is 4.89. The van der Waals surface area contributed by atoms with Gasteiger partial charge in [0, 0.05) is 17.1 Å². The van der Waals surface area contributed by atoms with Gasteiger partial charge in [-0.05, 0) is 48.6 Å². The van der Waals surface area contributed by atoms with E-state index in [-0.39, 0.29) is 5.78 Å². The summed E-state index contributed by atoms with van der Waals surface area (Å²) in [5.41, 5.74) is 2.61. The Labute approximate surface area is 137 Å². The Balaban J connectivity index is 1.74. The van der Waals surface area contributed by atoms with Crippen LogP contribution in [0.5, 0.6) is 0 Å². The summed E-state index contributed by atoms with van der Waals surface area (Å²) < 4.78 is 0. The van der Waals surface area contributed by atoms with E-state index in [1.165, 1.54) is 17.4 Å². The number of benzene rings is 1. The van der Waals surface area contributed by atoms with Crippen molar-refractivity contribution in [1.29, 1.82) is 5.26 Å². The Morgan fingerprint density at radius 2 is 2.00 bits per heavy atom. The van der Waals surface area contributed by atoms with Gasteiger partial charge in [-0.1, -0.05) is 6.07 Å². The lowest BCUT2D eigenvalue weighted by atomic mass is 10.1. The predicted molar refractivity (Wildman–Crippen MR) is 89.9 cm³/mol. The van der Waals surface area contributed by atoms with E-state index in [2.05, 4.69) is 9.97 Å². The van der Waals surface area contributed by atoms with Crippen LogP contribution >= 0.6 is 11.3 Å². The molecule has 0 bridgehead atoms. The van der Waals surface area contributed by atoms with Crippen LogP contribution in [0.25, 0.3) is 16.8 Å².